The zero-order valence-corrected chi connectivity index (χ0v) is 10.2. The molecular formula is C12H13F3N2O2. The highest BCUT2D eigenvalue weighted by molar-refractivity contribution is 5.93. The van der Waals surface area contributed by atoms with Gasteiger partial charge in [0.25, 0.3) is 0 Å². The fourth-order valence-electron chi connectivity index (χ4n) is 1.99. The minimum Gasteiger partial charge on any atom is -0.478 e. The minimum atomic E-state index is -4.58. The van der Waals surface area contributed by atoms with Gasteiger partial charge in [0.05, 0.1) is 0 Å². The summed E-state index contributed by atoms with van der Waals surface area (Å²) in [5.74, 6) is -1.39. The second-order valence-corrected chi connectivity index (χ2v) is 4.57. The van der Waals surface area contributed by atoms with Crippen LogP contribution >= 0.6 is 0 Å². The largest absolute Gasteiger partial charge is 0.478 e. The summed E-state index contributed by atoms with van der Waals surface area (Å²) in [7, 11) is 1.58. The number of rotatable bonds is 3. The lowest BCUT2D eigenvalue weighted by atomic mass is 9.91. The van der Waals surface area contributed by atoms with Crippen molar-refractivity contribution in [1.29, 1.82) is 0 Å². The first kappa shape index (κ1) is 13.6. The van der Waals surface area contributed by atoms with Crippen LogP contribution in [0.4, 0.5) is 19.0 Å². The van der Waals surface area contributed by atoms with Crippen LogP contribution in [-0.2, 0) is 6.18 Å². The third-order valence-corrected chi connectivity index (χ3v) is 3.35. The van der Waals surface area contributed by atoms with E-state index in [4.69, 9.17) is 5.11 Å². The molecule has 0 unspecified atom stereocenters. The van der Waals surface area contributed by atoms with E-state index in [-0.39, 0.29) is 17.4 Å². The van der Waals surface area contributed by atoms with Crippen molar-refractivity contribution in [2.75, 3.05) is 11.9 Å². The summed E-state index contributed by atoms with van der Waals surface area (Å²) < 4.78 is 37.9. The molecule has 0 atom stereocenters. The number of halogens is 3. The number of hydrogen-bond donors (Lipinski definition) is 1. The van der Waals surface area contributed by atoms with Crippen molar-refractivity contribution in [3.8, 4) is 0 Å². The van der Waals surface area contributed by atoms with Crippen LogP contribution in [0.3, 0.4) is 0 Å². The van der Waals surface area contributed by atoms with Crippen molar-refractivity contribution in [1.82, 2.24) is 4.98 Å². The molecule has 1 aromatic heterocycles. The summed E-state index contributed by atoms with van der Waals surface area (Å²) in [6.45, 7) is 0. The Bertz CT molecular complexity index is 498. The van der Waals surface area contributed by atoms with Gasteiger partial charge in [0.2, 0.25) is 0 Å². The maximum Gasteiger partial charge on any atom is 0.433 e. The Kier molecular flexibility index (Phi) is 3.38. The summed E-state index contributed by atoms with van der Waals surface area (Å²) in [6, 6.07) is 1.72. The lowest BCUT2D eigenvalue weighted by Gasteiger charge is -2.36. The predicted octanol–water partition coefficient (Wildman–Crippen LogP) is 2.79. The first-order valence-electron chi connectivity index (χ1n) is 5.85. The van der Waals surface area contributed by atoms with Gasteiger partial charge in [-0.05, 0) is 31.4 Å². The van der Waals surface area contributed by atoms with Crippen LogP contribution in [0.5, 0.6) is 0 Å². The molecule has 7 heteroatoms. The number of hydrogen-bond acceptors (Lipinski definition) is 3. The fourth-order valence-corrected chi connectivity index (χ4v) is 1.99. The highest BCUT2D eigenvalue weighted by Crippen LogP contribution is 2.33. The minimum absolute atomic E-state index is 0.0640. The Morgan fingerprint density at radius 2 is 2.05 bits per heavy atom. The molecule has 0 radical (unpaired) electrons. The summed E-state index contributed by atoms with van der Waals surface area (Å²) in [5, 5.41) is 9.03. The van der Waals surface area contributed by atoms with Crippen LogP contribution < -0.4 is 4.90 Å². The van der Waals surface area contributed by atoms with E-state index >= 15 is 0 Å². The average molecular weight is 274 g/mol. The maximum atomic E-state index is 12.6. The molecule has 0 aromatic carbocycles. The van der Waals surface area contributed by atoms with E-state index in [1.807, 2.05) is 0 Å². The van der Waals surface area contributed by atoms with E-state index in [9.17, 15) is 18.0 Å². The topological polar surface area (TPSA) is 53.4 Å². The van der Waals surface area contributed by atoms with Crippen LogP contribution in [0, 0.1) is 0 Å². The summed E-state index contributed by atoms with van der Waals surface area (Å²) in [6.07, 6.45) is -1.90. The monoisotopic (exact) mass is 274 g/mol. The molecule has 0 amide bonds. The highest BCUT2D eigenvalue weighted by atomic mass is 19.4. The van der Waals surface area contributed by atoms with Crippen molar-refractivity contribution in [3.05, 3.63) is 23.4 Å². The third kappa shape index (κ3) is 2.64. The standard InChI is InChI=1S/C12H13F3N2O2/c1-17(7-3-2-4-7)10-8(11(18)19)5-6-9(16-10)12(13,14)15/h5-7H,2-4H2,1H3,(H,18,19). The van der Waals surface area contributed by atoms with E-state index < -0.39 is 17.8 Å². The van der Waals surface area contributed by atoms with Gasteiger partial charge >= 0.3 is 12.1 Å². The Balaban J connectivity index is 2.44. The van der Waals surface area contributed by atoms with Gasteiger partial charge < -0.3 is 10.0 Å². The Morgan fingerprint density at radius 3 is 2.47 bits per heavy atom. The zero-order valence-electron chi connectivity index (χ0n) is 10.2. The molecule has 1 saturated carbocycles. The first-order chi connectivity index (χ1) is 8.80. The number of carbonyl (C=O) groups is 1. The van der Waals surface area contributed by atoms with E-state index in [0.29, 0.717) is 6.07 Å². The molecular weight excluding hydrogens is 261 g/mol. The average Bonchev–Trinajstić information content (AvgIpc) is 2.24. The van der Waals surface area contributed by atoms with Gasteiger partial charge in [0, 0.05) is 13.1 Å². The normalized spacial score (nSPS) is 16.0. The summed E-state index contributed by atoms with van der Waals surface area (Å²) in [5.41, 5.74) is -1.28. The number of anilines is 1. The number of alkyl halides is 3. The van der Waals surface area contributed by atoms with Crippen molar-refractivity contribution in [2.45, 2.75) is 31.5 Å². The molecule has 1 aliphatic carbocycles. The van der Waals surface area contributed by atoms with E-state index in [1.165, 1.54) is 4.90 Å². The van der Waals surface area contributed by atoms with Gasteiger partial charge in [-0.3, -0.25) is 0 Å². The van der Waals surface area contributed by atoms with Gasteiger partial charge in [-0.15, -0.1) is 0 Å². The summed E-state index contributed by atoms with van der Waals surface area (Å²) in [4.78, 5) is 16.1. The maximum absolute atomic E-state index is 12.6. The molecule has 0 saturated heterocycles. The van der Waals surface area contributed by atoms with Gasteiger partial charge in [0.1, 0.15) is 17.1 Å². The van der Waals surface area contributed by atoms with Crippen LogP contribution in [0.15, 0.2) is 12.1 Å². The van der Waals surface area contributed by atoms with Gasteiger partial charge in [-0.1, -0.05) is 0 Å². The van der Waals surface area contributed by atoms with E-state index in [2.05, 4.69) is 4.98 Å². The molecule has 1 N–H and O–H groups in total. The predicted molar refractivity (Wildman–Crippen MR) is 62.2 cm³/mol. The fraction of sp³-hybridized carbons (Fsp3) is 0.500. The third-order valence-electron chi connectivity index (χ3n) is 3.35. The number of pyridine rings is 1. The number of carboxylic acids is 1. The van der Waals surface area contributed by atoms with Gasteiger partial charge in [0.15, 0.2) is 0 Å². The van der Waals surface area contributed by atoms with E-state index in [1.54, 1.807) is 7.05 Å². The molecule has 4 nitrogen and oxygen atoms in total. The molecule has 1 heterocycles. The second kappa shape index (κ2) is 4.71. The molecule has 0 bridgehead atoms. The van der Waals surface area contributed by atoms with Crippen molar-refractivity contribution < 1.29 is 23.1 Å². The first-order valence-corrected chi connectivity index (χ1v) is 5.85. The Hall–Kier alpha value is -1.79. The second-order valence-electron chi connectivity index (χ2n) is 4.57. The summed E-state index contributed by atoms with van der Waals surface area (Å²) >= 11 is 0. The molecule has 0 aliphatic heterocycles. The Labute approximate surface area is 107 Å². The lowest BCUT2D eigenvalue weighted by Crippen LogP contribution is -2.38. The van der Waals surface area contributed by atoms with Crippen LogP contribution in [-0.4, -0.2) is 29.1 Å². The molecule has 1 fully saturated rings. The van der Waals surface area contributed by atoms with Gasteiger partial charge in [-0.2, -0.15) is 13.2 Å². The molecule has 0 spiro atoms. The van der Waals surface area contributed by atoms with Crippen molar-refractivity contribution >= 4 is 11.8 Å². The lowest BCUT2D eigenvalue weighted by molar-refractivity contribution is -0.141. The number of aromatic carboxylic acids is 1. The smallest absolute Gasteiger partial charge is 0.433 e. The van der Waals surface area contributed by atoms with Crippen LogP contribution in [0.25, 0.3) is 0 Å². The van der Waals surface area contributed by atoms with Crippen LogP contribution in [0.1, 0.15) is 35.3 Å². The Morgan fingerprint density at radius 1 is 1.42 bits per heavy atom. The molecule has 2 rings (SSSR count). The van der Waals surface area contributed by atoms with Crippen molar-refractivity contribution in [3.63, 3.8) is 0 Å². The molecule has 1 aromatic rings. The zero-order chi connectivity index (χ0) is 14.2. The number of nitrogens with zero attached hydrogens (tertiary/aromatic N) is 2. The van der Waals surface area contributed by atoms with Gasteiger partial charge in [-0.25, -0.2) is 9.78 Å². The van der Waals surface area contributed by atoms with Crippen molar-refractivity contribution in [2.24, 2.45) is 0 Å². The highest BCUT2D eigenvalue weighted by Gasteiger charge is 2.35. The molecule has 19 heavy (non-hydrogen) atoms. The number of carboxylic acid groups (broad SMARTS) is 1. The quantitative estimate of drug-likeness (QED) is 0.920. The molecule has 104 valence electrons. The van der Waals surface area contributed by atoms with E-state index in [0.717, 1.165) is 25.3 Å². The number of aromatic nitrogens is 1. The molecule has 1 aliphatic rings. The SMILES string of the molecule is CN(c1nc(C(F)(F)F)ccc1C(=O)O)C1CCC1. The van der Waals surface area contributed by atoms with Crippen LogP contribution in [0.2, 0.25) is 0 Å².